The molecule has 0 aliphatic heterocycles. The van der Waals surface area contributed by atoms with E-state index < -0.39 is 0 Å². The van der Waals surface area contributed by atoms with Crippen molar-refractivity contribution in [1.29, 1.82) is 0 Å². The van der Waals surface area contributed by atoms with E-state index in [2.05, 4.69) is 81.2 Å². The van der Waals surface area contributed by atoms with E-state index in [-0.39, 0.29) is 0 Å². The Morgan fingerprint density at radius 1 is 1.07 bits per heavy atom. The average molecular weight is 358 g/mol. The molecule has 0 saturated carbocycles. The third kappa shape index (κ3) is 3.89. The van der Waals surface area contributed by atoms with Gasteiger partial charge < -0.3 is 15.6 Å². The quantitative estimate of drug-likeness (QED) is 0.477. The van der Waals surface area contributed by atoms with Crippen LogP contribution in [0, 0.1) is 13.8 Å². The maximum atomic E-state index is 4.51. The fourth-order valence-corrected chi connectivity index (χ4v) is 3.18. The lowest BCUT2D eigenvalue weighted by Gasteiger charge is -2.10. The minimum absolute atomic E-state index is 0.485. The molecular weight excluding hydrogens is 336 g/mol. The maximum absolute atomic E-state index is 4.51. The number of fused-ring (bicyclic) bond motifs is 1. The molecule has 0 aliphatic rings. The van der Waals surface area contributed by atoms with Gasteiger partial charge >= 0.3 is 0 Å². The van der Waals surface area contributed by atoms with Crippen LogP contribution >= 0.6 is 0 Å². The van der Waals surface area contributed by atoms with Gasteiger partial charge in [-0.05, 0) is 43.5 Å². The number of hydrogen-bond donors (Lipinski definition) is 3. The molecule has 27 heavy (non-hydrogen) atoms. The first-order chi connectivity index (χ1) is 13.2. The Labute approximate surface area is 158 Å². The third-order valence-corrected chi connectivity index (χ3v) is 4.56. The lowest BCUT2D eigenvalue weighted by Crippen LogP contribution is -2.09. The van der Waals surface area contributed by atoms with Crippen molar-refractivity contribution in [1.82, 2.24) is 20.2 Å². The molecule has 2 aromatic carbocycles. The zero-order chi connectivity index (χ0) is 18.6. The van der Waals surface area contributed by atoms with E-state index in [1.54, 1.807) is 6.20 Å². The molecule has 4 rings (SSSR count). The van der Waals surface area contributed by atoms with Crippen LogP contribution in [0.3, 0.4) is 0 Å². The largest absolute Gasteiger partial charge is 0.368 e. The summed E-state index contributed by atoms with van der Waals surface area (Å²) in [6, 6.07) is 14.5. The van der Waals surface area contributed by atoms with Crippen molar-refractivity contribution < 1.29 is 0 Å². The van der Waals surface area contributed by atoms with Gasteiger partial charge in [0.15, 0.2) is 5.82 Å². The number of H-pyrrole nitrogens is 1. The molecule has 6 heteroatoms. The van der Waals surface area contributed by atoms with Gasteiger partial charge in [0.05, 0.1) is 6.20 Å². The fourth-order valence-electron chi connectivity index (χ4n) is 3.18. The van der Waals surface area contributed by atoms with Crippen molar-refractivity contribution in [3.63, 3.8) is 0 Å². The number of benzene rings is 2. The second-order valence-corrected chi connectivity index (χ2v) is 6.64. The number of nitrogens with zero attached hydrogens (tertiary/aromatic N) is 3. The Morgan fingerprint density at radius 2 is 1.96 bits per heavy atom. The molecule has 2 heterocycles. The molecule has 0 amide bonds. The Hall–Kier alpha value is -3.41. The van der Waals surface area contributed by atoms with E-state index in [0.29, 0.717) is 11.8 Å². The van der Waals surface area contributed by atoms with Crippen molar-refractivity contribution in [2.24, 2.45) is 0 Å². The number of aromatic amines is 1. The molecule has 0 radical (unpaired) electrons. The number of aryl methyl sites for hydroxylation is 2. The normalized spacial score (nSPS) is 10.9. The Balaban J connectivity index is 1.40. The molecular formula is C21H22N6. The van der Waals surface area contributed by atoms with E-state index in [4.69, 9.17) is 0 Å². The highest BCUT2D eigenvalue weighted by molar-refractivity contribution is 5.83. The molecule has 0 aliphatic carbocycles. The molecule has 0 fully saturated rings. The summed E-state index contributed by atoms with van der Waals surface area (Å²) in [4.78, 5) is 7.82. The van der Waals surface area contributed by atoms with Gasteiger partial charge in [0.2, 0.25) is 5.95 Å². The minimum Gasteiger partial charge on any atom is -0.368 e. The van der Waals surface area contributed by atoms with Gasteiger partial charge in [-0.1, -0.05) is 35.9 Å². The van der Waals surface area contributed by atoms with Crippen molar-refractivity contribution in [2.45, 2.75) is 20.3 Å². The van der Waals surface area contributed by atoms with Gasteiger partial charge in [-0.15, -0.1) is 5.10 Å². The zero-order valence-corrected chi connectivity index (χ0v) is 15.5. The van der Waals surface area contributed by atoms with Gasteiger partial charge in [-0.3, -0.25) is 0 Å². The molecule has 2 aromatic heterocycles. The molecule has 6 nitrogen and oxygen atoms in total. The summed E-state index contributed by atoms with van der Waals surface area (Å²) in [6.07, 6.45) is 4.61. The first-order valence-electron chi connectivity index (χ1n) is 9.02. The predicted molar refractivity (Wildman–Crippen MR) is 110 cm³/mol. The summed E-state index contributed by atoms with van der Waals surface area (Å²) in [5, 5.41) is 16.0. The first kappa shape index (κ1) is 17.0. The fraction of sp³-hybridized carbons (Fsp3) is 0.190. The van der Waals surface area contributed by atoms with Crippen LogP contribution in [-0.2, 0) is 6.42 Å². The maximum Gasteiger partial charge on any atom is 0.249 e. The van der Waals surface area contributed by atoms with Gasteiger partial charge in [0, 0.05) is 29.3 Å². The summed E-state index contributed by atoms with van der Waals surface area (Å²) in [6.45, 7) is 4.91. The minimum atomic E-state index is 0.485. The van der Waals surface area contributed by atoms with Crippen molar-refractivity contribution >= 4 is 28.4 Å². The smallest absolute Gasteiger partial charge is 0.249 e. The molecule has 136 valence electrons. The molecule has 4 aromatic rings. The second kappa shape index (κ2) is 7.45. The third-order valence-electron chi connectivity index (χ3n) is 4.56. The van der Waals surface area contributed by atoms with Crippen LogP contribution in [0.2, 0.25) is 0 Å². The van der Waals surface area contributed by atoms with E-state index in [9.17, 15) is 0 Å². The number of para-hydroxylation sites is 1. The summed E-state index contributed by atoms with van der Waals surface area (Å²) < 4.78 is 0. The van der Waals surface area contributed by atoms with E-state index in [1.807, 2.05) is 12.1 Å². The molecule has 0 bridgehead atoms. The van der Waals surface area contributed by atoms with Crippen molar-refractivity contribution in [3.8, 4) is 0 Å². The van der Waals surface area contributed by atoms with Gasteiger partial charge in [-0.25, -0.2) is 0 Å². The van der Waals surface area contributed by atoms with Crippen LogP contribution in [0.4, 0.5) is 17.5 Å². The summed E-state index contributed by atoms with van der Waals surface area (Å²) >= 11 is 0. The summed E-state index contributed by atoms with van der Waals surface area (Å²) in [7, 11) is 0. The monoisotopic (exact) mass is 358 g/mol. The Kier molecular flexibility index (Phi) is 4.70. The highest BCUT2D eigenvalue weighted by Crippen LogP contribution is 2.20. The zero-order valence-electron chi connectivity index (χ0n) is 15.5. The number of nitrogens with one attached hydrogen (secondary N) is 3. The number of aromatic nitrogens is 4. The number of hydrogen-bond acceptors (Lipinski definition) is 5. The highest BCUT2D eigenvalue weighted by Gasteiger charge is 2.05. The number of rotatable bonds is 6. The van der Waals surface area contributed by atoms with Crippen molar-refractivity contribution in [3.05, 3.63) is 71.5 Å². The van der Waals surface area contributed by atoms with Crippen LogP contribution in [0.5, 0.6) is 0 Å². The molecule has 0 unspecified atom stereocenters. The van der Waals surface area contributed by atoms with Crippen LogP contribution < -0.4 is 10.6 Å². The standard InChI is InChI=1S/C21H22N6/c1-14-7-8-18(15(2)11-14)25-21-26-20(13-24-27-21)22-10-9-16-12-23-19-6-4-3-5-17(16)19/h3-8,11-13,23H,9-10H2,1-2H3,(H2,22,25,26,27). The lowest BCUT2D eigenvalue weighted by molar-refractivity contribution is 0.952. The van der Waals surface area contributed by atoms with Crippen molar-refractivity contribution in [2.75, 3.05) is 17.2 Å². The number of anilines is 3. The highest BCUT2D eigenvalue weighted by atomic mass is 15.3. The molecule has 0 atom stereocenters. The van der Waals surface area contributed by atoms with Crippen LogP contribution in [0.1, 0.15) is 16.7 Å². The van der Waals surface area contributed by atoms with Gasteiger partial charge in [0.25, 0.3) is 0 Å². The van der Waals surface area contributed by atoms with Crippen LogP contribution in [0.25, 0.3) is 10.9 Å². The SMILES string of the molecule is Cc1ccc(Nc2nncc(NCCc3c[nH]c4ccccc34)n2)c(C)c1. The molecule has 0 saturated heterocycles. The van der Waals surface area contributed by atoms with E-state index >= 15 is 0 Å². The van der Waals surface area contributed by atoms with Crippen LogP contribution in [-0.4, -0.2) is 26.7 Å². The topological polar surface area (TPSA) is 78.5 Å². The second-order valence-electron chi connectivity index (χ2n) is 6.64. The average Bonchev–Trinajstić information content (AvgIpc) is 3.08. The Morgan fingerprint density at radius 3 is 2.85 bits per heavy atom. The Bertz CT molecular complexity index is 1070. The van der Waals surface area contributed by atoms with Gasteiger partial charge in [-0.2, -0.15) is 10.1 Å². The van der Waals surface area contributed by atoms with E-state index in [0.717, 1.165) is 29.7 Å². The lowest BCUT2D eigenvalue weighted by atomic mass is 10.1. The molecule has 3 N–H and O–H groups in total. The van der Waals surface area contributed by atoms with Gasteiger partial charge in [0.1, 0.15) is 0 Å². The van der Waals surface area contributed by atoms with Crippen LogP contribution in [0.15, 0.2) is 54.9 Å². The predicted octanol–water partition coefficient (Wildman–Crippen LogP) is 4.37. The summed E-state index contributed by atoms with van der Waals surface area (Å²) in [5.74, 6) is 1.19. The van der Waals surface area contributed by atoms with E-state index in [1.165, 1.54) is 16.5 Å². The molecule has 0 spiro atoms. The first-order valence-corrected chi connectivity index (χ1v) is 9.02. The summed E-state index contributed by atoms with van der Waals surface area (Å²) in [5.41, 5.74) is 5.81.